The van der Waals surface area contributed by atoms with E-state index in [2.05, 4.69) is 35.0 Å². The lowest BCUT2D eigenvalue weighted by Gasteiger charge is -2.22. The molecule has 3 N–H and O–H groups in total. The third-order valence-corrected chi connectivity index (χ3v) is 6.25. The van der Waals surface area contributed by atoms with E-state index in [9.17, 15) is 4.79 Å². The molecule has 0 atom stereocenters. The lowest BCUT2D eigenvalue weighted by Crippen LogP contribution is -2.33. The molecule has 2 rings (SSSR count). The quantitative estimate of drug-likeness (QED) is 0.316. The van der Waals surface area contributed by atoms with Crippen LogP contribution in [0.2, 0.25) is 0 Å². The Balaban J connectivity index is 1.48. The lowest BCUT2D eigenvalue weighted by atomic mass is 9.98. The van der Waals surface area contributed by atoms with E-state index in [0.717, 1.165) is 50.6 Å². The summed E-state index contributed by atoms with van der Waals surface area (Å²) in [5.41, 5.74) is 2.01. The van der Waals surface area contributed by atoms with Crippen LogP contribution < -0.4 is 16.0 Å². The van der Waals surface area contributed by atoms with Crippen LogP contribution in [0.15, 0.2) is 24.3 Å². The zero-order valence-corrected chi connectivity index (χ0v) is 19.3. The maximum atomic E-state index is 12.3. The monoisotopic (exact) mass is 415 g/mol. The van der Waals surface area contributed by atoms with Gasteiger partial charge in [-0.05, 0) is 62.5 Å². The van der Waals surface area contributed by atoms with Crippen LogP contribution in [-0.4, -0.2) is 32.1 Å². The van der Waals surface area contributed by atoms with Crippen molar-refractivity contribution in [1.82, 2.24) is 16.0 Å². The minimum Gasteiger partial charge on any atom is -0.352 e. The van der Waals surface area contributed by atoms with Gasteiger partial charge in [0.25, 0.3) is 5.91 Å². The average Bonchev–Trinajstić information content (AvgIpc) is 2.78. The molecule has 1 heterocycles. The van der Waals surface area contributed by atoms with Crippen LogP contribution in [0.25, 0.3) is 0 Å². The summed E-state index contributed by atoms with van der Waals surface area (Å²) in [7, 11) is 0. The van der Waals surface area contributed by atoms with Gasteiger partial charge in [0.15, 0.2) is 0 Å². The molecule has 4 heteroatoms. The Morgan fingerprint density at radius 1 is 0.900 bits per heavy atom. The summed E-state index contributed by atoms with van der Waals surface area (Å²) >= 11 is 0. The number of hydrogen-bond donors (Lipinski definition) is 3. The van der Waals surface area contributed by atoms with Gasteiger partial charge in [-0.2, -0.15) is 0 Å². The maximum absolute atomic E-state index is 12.3. The molecule has 0 spiro atoms. The van der Waals surface area contributed by atoms with Crippen molar-refractivity contribution in [2.24, 2.45) is 5.92 Å². The first-order chi connectivity index (χ1) is 14.8. The van der Waals surface area contributed by atoms with E-state index in [1.807, 2.05) is 12.1 Å². The number of benzene rings is 1. The van der Waals surface area contributed by atoms with Crippen molar-refractivity contribution >= 4 is 5.91 Å². The highest BCUT2D eigenvalue weighted by molar-refractivity contribution is 5.94. The average molecular weight is 416 g/mol. The summed E-state index contributed by atoms with van der Waals surface area (Å²) in [6, 6.07) is 8.06. The van der Waals surface area contributed by atoms with Crippen LogP contribution in [0.3, 0.4) is 0 Å². The van der Waals surface area contributed by atoms with Crippen molar-refractivity contribution in [3.63, 3.8) is 0 Å². The molecule has 4 nitrogen and oxygen atoms in total. The number of hydrogen-bond acceptors (Lipinski definition) is 3. The van der Waals surface area contributed by atoms with Gasteiger partial charge < -0.3 is 16.0 Å². The fourth-order valence-corrected chi connectivity index (χ4v) is 4.20. The molecule has 0 aromatic heterocycles. The van der Waals surface area contributed by atoms with E-state index in [1.165, 1.54) is 76.2 Å². The Hall–Kier alpha value is -1.39. The fourth-order valence-electron chi connectivity index (χ4n) is 4.20. The highest BCUT2D eigenvalue weighted by Gasteiger charge is 2.12. The van der Waals surface area contributed by atoms with E-state index < -0.39 is 0 Å². The first-order valence-electron chi connectivity index (χ1n) is 12.6. The number of carbonyl (C=O) groups excluding carboxylic acids is 1. The molecule has 1 aliphatic heterocycles. The zero-order valence-electron chi connectivity index (χ0n) is 19.3. The predicted octanol–water partition coefficient (Wildman–Crippen LogP) is 5.43. The second-order valence-electron chi connectivity index (χ2n) is 8.96. The van der Waals surface area contributed by atoms with Crippen LogP contribution in [0.5, 0.6) is 0 Å². The van der Waals surface area contributed by atoms with Crippen molar-refractivity contribution in [1.29, 1.82) is 0 Å². The fraction of sp³-hybridized carbons (Fsp3) is 0.731. The molecular formula is C26H45N3O. The number of nitrogens with one attached hydrogen (secondary N) is 3. The van der Waals surface area contributed by atoms with Crippen molar-refractivity contribution < 1.29 is 4.79 Å². The third kappa shape index (κ3) is 11.1. The highest BCUT2D eigenvalue weighted by Crippen LogP contribution is 2.12. The molecule has 1 aromatic carbocycles. The zero-order chi connectivity index (χ0) is 21.3. The molecule has 0 saturated carbocycles. The molecular weight excluding hydrogens is 370 g/mol. The lowest BCUT2D eigenvalue weighted by molar-refractivity contribution is 0.0953. The molecule has 170 valence electrons. The van der Waals surface area contributed by atoms with E-state index in [4.69, 9.17) is 0 Å². The molecule has 0 radical (unpaired) electrons. The minimum atomic E-state index is 0.0557. The van der Waals surface area contributed by atoms with E-state index in [-0.39, 0.29) is 5.91 Å². The van der Waals surface area contributed by atoms with E-state index >= 15 is 0 Å². The van der Waals surface area contributed by atoms with Crippen molar-refractivity contribution in [2.75, 3.05) is 26.2 Å². The number of carbonyl (C=O) groups is 1. The predicted molar refractivity (Wildman–Crippen MR) is 128 cm³/mol. The van der Waals surface area contributed by atoms with Crippen LogP contribution in [0.4, 0.5) is 0 Å². The summed E-state index contributed by atoms with van der Waals surface area (Å²) in [6.07, 6.45) is 15.7. The molecule has 1 aliphatic rings. The van der Waals surface area contributed by atoms with Gasteiger partial charge in [-0.1, -0.05) is 76.8 Å². The van der Waals surface area contributed by atoms with Gasteiger partial charge in [0, 0.05) is 18.7 Å². The Kier molecular flexibility index (Phi) is 13.5. The molecule has 1 saturated heterocycles. The standard InChI is InChI=1S/C26H45N3O/c1-2-3-4-5-6-7-8-9-10-11-18-29-26(30)25-14-12-23(13-15-25)21-28-22-24-16-19-27-20-17-24/h12-15,24,27-28H,2-11,16-22H2,1H3,(H,29,30). The molecule has 0 unspecified atom stereocenters. The molecule has 1 fully saturated rings. The van der Waals surface area contributed by atoms with Gasteiger partial charge in [0.05, 0.1) is 0 Å². The van der Waals surface area contributed by atoms with Crippen molar-refractivity contribution in [3.8, 4) is 0 Å². The number of rotatable bonds is 16. The number of piperidine rings is 1. The first kappa shape index (κ1) is 24.9. The Morgan fingerprint density at radius 3 is 2.13 bits per heavy atom. The second kappa shape index (κ2) is 16.3. The molecule has 1 amide bonds. The summed E-state index contributed by atoms with van der Waals surface area (Å²) in [6.45, 7) is 7.32. The van der Waals surface area contributed by atoms with Gasteiger partial charge in [0.2, 0.25) is 0 Å². The molecule has 30 heavy (non-hydrogen) atoms. The first-order valence-corrected chi connectivity index (χ1v) is 12.6. The number of amides is 1. The Bertz CT molecular complexity index is 552. The van der Waals surface area contributed by atoms with Gasteiger partial charge >= 0.3 is 0 Å². The smallest absolute Gasteiger partial charge is 0.251 e. The Morgan fingerprint density at radius 2 is 1.50 bits per heavy atom. The van der Waals surface area contributed by atoms with E-state index in [1.54, 1.807) is 0 Å². The SMILES string of the molecule is CCCCCCCCCCCCNC(=O)c1ccc(CNCC2CCNCC2)cc1. The van der Waals surface area contributed by atoms with Gasteiger partial charge in [-0.25, -0.2) is 0 Å². The van der Waals surface area contributed by atoms with Crippen LogP contribution in [0.1, 0.15) is 99.9 Å². The van der Waals surface area contributed by atoms with Crippen LogP contribution in [0, 0.1) is 5.92 Å². The van der Waals surface area contributed by atoms with Crippen molar-refractivity contribution in [2.45, 2.75) is 90.5 Å². The largest absolute Gasteiger partial charge is 0.352 e. The molecule has 0 bridgehead atoms. The Labute approximate surface area is 185 Å². The summed E-state index contributed by atoms with van der Waals surface area (Å²) in [5.74, 6) is 0.849. The normalized spacial score (nSPS) is 14.7. The summed E-state index contributed by atoms with van der Waals surface area (Å²) in [5, 5.41) is 10.0. The second-order valence-corrected chi connectivity index (χ2v) is 8.96. The van der Waals surface area contributed by atoms with Crippen LogP contribution in [-0.2, 0) is 6.54 Å². The topological polar surface area (TPSA) is 53.2 Å². The maximum Gasteiger partial charge on any atom is 0.251 e. The molecule has 1 aromatic rings. The molecule has 0 aliphatic carbocycles. The third-order valence-electron chi connectivity index (χ3n) is 6.25. The van der Waals surface area contributed by atoms with Gasteiger partial charge in [-0.15, -0.1) is 0 Å². The van der Waals surface area contributed by atoms with Gasteiger partial charge in [-0.3, -0.25) is 4.79 Å². The van der Waals surface area contributed by atoms with E-state index in [0.29, 0.717) is 0 Å². The van der Waals surface area contributed by atoms with Crippen molar-refractivity contribution in [3.05, 3.63) is 35.4 Å². The number of unbranched alkanes of at least 4 members (excludes halogenated alkanes) is 9. The summed E-state index contributed by atoms with van der Waals surface area (Å²) in [4.78, 5) is 12.3. The summed E-state index contributed by atoms with van der Waals surface area (Å²) < 4.78 is 0. The van der Waals surface area contributed by atoms with Gasteiger partial charge in [0.1, 0.15) is 0 Å². The van der Waals surface area contributed by atoms with Crippen LogP contribution >= 0.6 is 0 Å². The highest BCUT2D eigenvalue weighted by atomic mass is 16.1. The minimum absolute atomic E-state index is 0.0557.